The zero-order valence-corrected chi connectivity index (χ0v) is 12.3. The zero-order valence-electron chi connectivity index (χ0n) is 10.6. The normalized spacial score (nSPS) is 12.8. The Morgan fingerprint density at radius 1 is 1.50 bits per heavy atom. The highest BCUT2D eigenvalue weighted by Crippen LogP contribution is 2.24. The molecule has 5 heteroatoms. The Balaban J connectivity index is 2.08. The van der Waals surface area contributed by atoms with Gasteiger partial charge in [0.25, 0.3) is 0 Å². The lowest BCUT2D eigenvalue weighted by atomic mass is 10.3. The van der Waals surface area contributed by atoms with Gasteiger partial charge in [-0.05, 0) is 24.8 Å². The third-order valence-corrected chi connectivity index (χ3v) is 4.71. The van der Waals surface area contributed by atoms with Gasteiger partial charge in [0.2, 0.25) is 5.89 Å². The second kappa shape index (κ2) is 6.29. The van der Waals surface area contributed by atoms with Gasteiger partial charge in [-0.15, -0.1) is 0 Å². The average molecular weight is 283 g/mol. The molecular formula is C13H17NO2S2. The maximum Gasteiger partial charge on any atom is 0.227 e. The summed E-state index contributed by atoms with van der Waals surface area (Å²) < 4.78 is 17.5. The van der Waals surface area contributed by atoms with Gasteiger partial charge in [0.1, 0.15) is 5.76 Å². The van der Waals surface area contributed by atoms with E-state index in [0.29, 0.717) is 11.6 Å². The van der Waals surface area contributed by atoms with Crippen molar-refractivity contribution in [3.8, 4) is 11.5 Å². The molecule has 3 nitrogen and oxygen atoms in total. The molecule has 0 fully saturated rings. The van der Waals surface area contributed by atoms with Crippen molar-refractivity contribution in [2.45, 2.75) is 32.4 Å². The first-order valence-corrected chi connectivity index (χ1v) is 8.47. The molecule has 2 heterocycles. The summed E-state index contributed by atoms with van der Waals surface area (Å²) in [6, 6.07) is 1.98. The van der Waals surface area contributed by atoms with Crippen molar-refractivity contribution in [3.63, 3.8) is 0 Å². The number of aryl methyl sites for hydroxylation is 1. The van der Waals surface area contributed by atoms with Gasteiger partial charge in [0.15, 0.2) is 0 Å². The molecule has 0 N–H and O–H groups in total. The molecule has 0 unspecified atom stereocenters. The summed E-state index contributed by atoms with van der Waals surface area (Å²) in [5.74, 6) is 2.66. The van der Waals surface area contributed by atoms with E-state index in [1.807, 2.05) is 23.8 Å². The molecule has 0 aliphatic rings. The van der Waals surface area contributed by atoms with Gasteiger partial charge in [0, 0.05) is 27.5 Å². The summed E-state index contributed by atoms with van der Waals surface area (Å²) >= 11 is 1.61. The van der Waals surface area contributed by atoms with Crippen molar-refractivity contribution < 1.29 is 8.63 Å². The van der Waals surface area contributed by atoms with E-state index in [1.54, 1.807) is 11.3 Å². The predicted molar refractivity (Wildman–Crippen MR) is 76.2 cm³/mol. The van der Waals surface area contributed by atoms with E-state index in [9.17, 15) is 4.21 Å². The number of aromatic nitrogens is 1. The summed E-state index contributed by atoms with van der Waals surface area (Å²) in [5, 5.41) is 4.00. The summed E-state index contributed by atoms with van der Waals surface area (Å²) in [7, 11) is -0.835. The van der Waals surface area contributed by atoms with Crippen molar-refractivity contribution in [2.75, 3.05) is 5.75 Å². The molecule has 0 aromatic carbocycles. The molecule has 0 radical (unpaired) electrons. The largest absolute Gasteiger partial charge is 0.441 e. The van der Waals surface area contributed by atoms with Gasteiger partial charge < -0.3 is 4.42 Å². The third kappa shape index (κ3) is 3.29. The molecule has 98 valence electrons. The molecule has 2 aromatic heterocycles. The van der Waals surface area contributed by atoms with E-state index in [2.05, 4.69) is 11.9 Å². The van der Waals surface area contributed by atoms with Crippen LogP contribution >= 0.6 is 11.3 Å². The molecule has 2 aromatic rings. The highest BCUT2D eigenvalue weighted by molar-refractivity contribution is 7.84. The molecule has 0 saturated heterocycles. The Kier molecular flexibility index (Phi) is 4.72. The molecule has 0 amide bonds. The van der Waals surface area contributed by atoms with Crippen molar-refractivity contribution >= 4 is 22.1 Å². The summed E-state index contributed by atoms with van der Waals surface area (Å²) in [5.41, 5.74) is 1.82. The molecule has 0 aliphatic heterocycles. The number of rotatable bonds is 6. The lowest BCUT2D eigenvalue weighted by molar-refractivity contribution is 0.540. The standard InChI is InChI=1S/C13H17NO2S2/c1-3-4-7-18(15)9-12-10(2)16-13(14-12)11-5-6-17-8-11/h5-6,8H,3-4,7,9H2,1-2H3/t18-/m1/s1. The van der Waals surface area contributed by atoms with Gasteiger partial charge in [-0.3, -0.25) is 4.21 Å². The SMILES string of the molecule is CCCC[S@@](=O)Cc1nc(-c2ccsc2)oc1C. The molecule has 1 atom stereocenters. The molecule has 18 heavy (non-hydrogen) atoms. The molecular weight excluding hydrogens is 266 g/mol. The second-order valence-corrected chi connectivity index (χ2v) is 6.53. The molecule has 0 spiro atoms. The maximum atomic E-state index is 11.9. The first kappa shape index (κ1) is 13.5. The summed E-state index contributed by atoms with van der Waals surface area (Å²) in [4.78, 5) is 4.45. The number of unbranched alkanes of at least 4 members (excludes halogenated alkanes) is 1. The van der Waals surface area contributed by atoms with Crippen LogP contribution in [0.15, 0.2) is 21.2 Å². The molecule has 0 bridgehead atoms. The van der Waals surface area contributed by atoms with Crippen LogP contribution in [0.1, 0.15) is 31.2 Å². The Morgan fingerprint density at radius 3 is 3.00 bits per heavy atom. The third-order valence-electron chi connectivity index (χ3n) is 2.68. The minimum Gasteiger partial charge on any atom is -0.441 e. The fourth-order valence-corrected chi connectivity index (χ4v) is 3.56. The zero-order chi connectivity index (χ0) is 13.0. The Morgan fingerprint density at radius 2 is 2.33 bits per heavy atom. The first-order chi connectivity index (χ1) is 8.70. The summed E-state index contributed by atoms with van der Waals surface area (Å²) in [6.45, 7) is 3.99. The Hall–Kier alpha value is -0.940. The topological polar surface area (TPSA) is 43.1 Å². The van der Waals surface area contributed by atoms with E-state index in [-0.39, 0.29) is 0 Å². The Bertz CT molecular complexity index is 517. The fraction of sp³-hybridized carbons (Fsp3) is 0.462. The number of hydrogen-bond donors (Lipinski definition) is 0. The minimum absolute atomic E-state index is 0.499. The highest BCUT2D eigenvalue weighted by atomic mass is 32.2. The highest BCUT2D eigenvalue weighted by Gasteiger charge is 2.13. The van der Waals surface area contributed by atoms with Crippen LogP contribution in [0, 0.1) is 6.92 Å². The summed E-state index contributed by atoms with van der Waals surface area (Å²) in [6.07, 6.45) is 2.07. The lowest BCUT2D eigenvalue weighted by Gasteiger charge is -1.98. The van der Waals surface area contributed by atoms with Crippen LogP contribution in [0.5, 0.6) is 0 Å². The van der Waals surface area contributed by atoms with Crippen molar-refractivity contribution in [3.05, 3.63) is 28.3 Å². The van der Waals surface area contributed by atoms with E-state index in [0.717, 1.165) is 35.6 Å². The van der Waals surface area contributed by atoms with Crippen molar-refractivity contribution in [2.24, 2.45) is 0 Å². The van der Waals surface area contributed by atoms with Crippen LogP contribution in [-0.2, 0) is 16.6 Å². The second-order valence-electron chi connectivity index (χ2n) is 4.18. The van der Waals surface area contributed by atoms with Crippen LogP contribution in [0.4, 0.5) is 0 Å². The van der Waals surface area contributed by atoms with Crippen LogP contribution in [0.25, 0.3) is 11.5 Å². The average Bonchev–Trinajstić information content (AvgIpc) is 2.97. The monoisotopic (exact) mass is 283 g/mol. The number of thiophene rings is 1. The van der Waals surface area contributed by atoms with Crippen LogP contribution in [0.3, 0.4) is 0 Å². The predicted octanol–water partition coefficient (Wildman–Crippen LogP) is 3.76. The van der Waals surface area contributed by atoms with Crippen molar-refractivity contribution in [1.82, 2.24) is 4.98 Å². The van der Waals surface area contributed by atoms with Gasteiger partial charge in [-0.1, -0.05) is 13.3 Å². The van der Waals surface area contributed by atoms with Crippen LogP contribution in [-0.4, -0.2) is 14.9 Å². The van der Waals surface area contributed by atoms with Crippen molar-refractivity contribution in [1.29, 1.82) is 0 Å². The minimum atomic E-state index is -0.835. The number of nitrogens with zero attached hydrogens (tertiary/aromatic N) is 1. The molecule has 0 aliphatic carbocycles. The van der Waals surface area contributed by atoms with Gasteiger partial charge in [0.05, 0.1) is 11.4 Å². The van der Waals surface area contributed by atoms with E-state index >= 15 is 0 Å². The van der Waals surface area contributed by atoms with Gasteiger partial charge in [-0.25, -0.2) is 4.98 Å². The number of hydrogen-bond acceptors (Lipinski definition) is 4. The number of oxazole rings is 1. The van der Waals surface area contributed by atoms with E-state index < -0.39 is 10.8 Å². The maximum absolute atomic E-state index is 11.9. The van der Waals surface area contributed by atoms with Gasteiger partial charge in [-0.2, -0.15) is 11.3 Å². The smallest absolute Gasteiger partial charge is 0.227 e. The lowest BCUT2D eigenvalue weighted by Crippen LogP contribution is -2.02. The molecule has 0 saturated carbocycles. The van der Waals surface area contributed by atoms with Crippen LogP contribution < -0.4 is 0 Å². The molecule has 2 rings (SSSR count). The Labute approximate surface area is 114 Å². The quantitative estimate of drug-likeness (QED) is 0.810. The van der Waals surface area contributed by atoms with E-state index in [1.165, 1.54) is 0 Å². The van der Waals surface area contributed by atoms with Crippen LogP contribution in [0.2, 0.25) is 0 Å². The fourth-order valence-electron chi connectivity index (χ4n) is 1.60. The van der Waals surface area contributed by atoms with E-state index in [4.69, 9.17) is 4.42 Å². The van der Waals surface area contributed by atoms with Gasteiger partial charge >= 0.3 is 0 Å². The first-order valence-electron chi connectivity index (χ1n) is 6.04.